The van der Waals surface area contributed by atoms with Gasteiger partial charge in [-0.3, -0.25) is 4.90 Å². The van der Waals surface area contributed by atoms with Crippen LogP contribution in [0.4, 0.5) is 0 Å². The molecule has 1 N–H and O–H groups in total. The van der Waals surface area contributed by atoms with E-state index < -0.39 is 0 Å². The molecule has 7 heteroatoms. The number of halogens is 2. The number of nitrogens with one attached hydrogen (secondary N) is 1. The SMILES string of the molecule is S=C(NCCN1CCOCC1)c1ccc(OCc2ccc(Cl)cc2)c(Cl)c1. The Labute approximate surface area is 175 Å². The lowest BCUT2D eigenvalue weighted by molar-refractivity contribution is 0.0389. The second kappa shape index (κ2) is 10.2. The van der Waals surface area contributed by atoms with Crippen LogP contribution >= 0.6 is 35.4 Å². The summed E-state index contributed by atoms with van der Waals surface area (Å²) in [5.41, 5.74) is 1.91. The minimum atomic E-state index is 0.429. The fourth-order valence-corrected chi connectivity index (χ4v) is 3.35. The van der Waals surface area contributed by atoms with E-state index in [2.05, 4.69) is 10.2 Å². The molecular weight excluding hydrogens is 403 g/mol. The zero-order chi connectivity index (χ0) is 19.1. The van der Waals surface area contributed by atoms with Gasteiger partial charge < -0.3 is 14.8 Å². The normalized spacial score (nSPS) is 14.7. The topological polar surface area (TPSA) is 33.7 Å². The standard InChI is InChI=1S/C20H22Cl2N2O2S/c21-17-4-1-15(2-5-17)14-26-19-6-3-16(13-18(19)22)20(27)23-7-8-24-9-11-25-12-10-24/h1-6,13H,7-12,14H2,(H,23,27). The number of morpholine rings is 1. The highest BCUT2D eigenvalue weighted by Crippen LogP contribution is 2.26. The monoisotopic (exact) mass is 424 g/mol. The van der Waals surface area contributed by atoms with Crippen molar-refractivity contribution in [3.8, 4) is 5.75 Å². The first kappa shape index (κ1) is 20.4. The van der Waals surface area contributed by atoms with E-state index >= 15 is 0 Å². The van der Waals surface area contributed by atoms with Crippen molar-refractivity contribution >= 4 is 40.4 Å². The van der Waals surface area contributed by atoms with E-state index in [1.54, 1.807) is 0 Å². The molecule has 2 aromatic carbocycles. The Bertz CT molecular complexity index is 765. The Kier molecular flexibility index (Phi) is 7.73. The Balaban J connectivity index is 1.49. The predicted octanol–water partition coefficient (Wildman–Crippen LogP) is 4.17. The second-order valence-corrected chi connectivity index (χ2v) is 7.52. The average molecular weight is 425 g/mol. The van der Waals surface area contributed by atoms with Gasteiger partial charge in [0.2, 0.25) is 0 Å². The van der Waals surface area contributed by atoms with Crippen LogP contribution in [-0.2, 0) is 11.3 Å². The molecule has 3 rings (SSSR count). The number of thiocarbonyl (C=S) groups is 1. The zero-order valence-electron chi connectivity index (χ0n) is 14.9. The van der Waals surface area contributed by atoms with Gasteiger partial charge in [0.05, 0.1) is 18.2 Å². The molecule has 0 saturated carbocycles. The summed E-state index contributed by atoms with van der Waals surface area (Å²) >= 11 is 17.7. The highest BCUT2D eigenvalue weighted by molar-refractivity contribution is 7.80. The lowest BCUT2D eigenvalue weighted by atomic mass is 10.2. The quantitative estimate of drug-likeness (QED) is 0.674. The van der Waals surface area contributed by atoms with Crippen molar-refractivity contribution in [2.24, 2.45) is 0 Å². The van der Waals surface area contributed by atoms with Gasteiger partial charge in [-0.1, -0.05) is 47.6 Å². The molecule has 2 aromatic rings. The molecule has 27 heavy (non-hydrogen) atoms. The Hall–Kier alpha value is -1.37. The highest BCUT2D eigenvalue weighted by atomic mass is 35.5. The van der Waals surface area contributed by atoms with Gasteiger partial charge >= 0.3 is 0 Å². The maximum Gasteiger partial charge on any atom is 0.138 e. The fourth-order valence-electron chi connectivity index (χ4n) is 2.76. The van der Waals surface area contributed by atoms with Crippen molar-refractivity contribution < 1.29 is 9.47 Å². The molecule has 4 nitrogen and oxygen atoms in total. The van der Waals surface area contributed by atoms with Crippen LogP contribution in [0.2, 0.25) is 10.0 Å². The number of benzene rings is 2. The summed E-state index contributed by atoms with van der Waals surface area (Å²) in [6.07, 6.45) is 0. The van der Waals surface area contributed by atoms with E-state index in [1.807, 2.05) is 42.5 Å². The first-order valence-corrected chi connectivity index (χ1v) is 10.0. The number of hydrogen-bond donors (Lipinski definition) is 1. The smallest absolute Gasteiger partial charge is 0.138 e. The van der Waals surface area contributed by atoms with Crippen LogP contribution in [-0.4, -0.2) is 49.3 Å². The molecule has 0 atom stereocenters. The number of hydrogen-bond acceptors (Lipinski definition) is 4. The van der Waals surface area contributed by atoms with E-state index in [-0.39, 0.29) is 0 Å². The van der Waals surface area contributed by atoms with Crippen molar-refractivity contribution in [3.63, 3.8) is 0 Å². The summed E-state index contributed by atoms with van der Waals surface area (Å²) in [7, 11) is 0. The largest absolute Gasteiger partial charge is 0.487 e. The third-order valence-electron chi connectivity index (χ3n) is 4.32. The lowest BCUT2D eigenvalue weighted by Gasteiger charge is -2.26. The van der Waals surface area contributed by atoms with Crippen molar-refractivity contribution in [2.45, 2.75) is 6.61 Å². The van der Waals surface area contributed by atoms with E-state index in [0.29, 0.717) is 27.4 Å². The van der Waals surface area contributed by atoms with Crippen LogP contribution in [0.5, 0.6) is 5.75 Å². The maximum absolute atomic E-state index is 6.37. The summed E-state index contributed by atoms with van der Waals surface area (Å²) in [6.45, 7) is 5.72. The number of nitrogens with zero attached hydrogens (tertiary/aromatic N) is 1. The molecule has 1 heterocycles. The molecule has 144 valence electrons. The Morgan fingerprint density at radius 1 is 1.11 bits per heavy atom. The number of ether oxygens (including phenoxy) is 2. The fraction of sp³-hybridized carbons (Fsp3) is 0.350. The first-order valence-electron chi connectivity index (χ1n) is 8.87. The third kappa shape index (κ3) is 6.33. The van der Waals surface area contributed by atoms with Gasteiger partial charge in [0.1, 0.15) is 17.3 Å². The summed E-state index contributed by atoms with van der Waals surface area (Å²) in [6, 6.07) is 13.1. The van der Waals surface area contributed by atoms with E-state index in [0.717, 1.165) is 50.5 Å². The molecule has 1 fully saturated rings. The van der Waals surface area contributed by atoms with Gasteiger partial charge in [-0.05, 0) is 35.9 Å². The van der Waals surface area contributed by atoms with Crippen LogP contribution in [0.1, 0.15) is 11.1 Å². The van der Waals surface area contributed by atoms with Gasteiger partial charge in [0, 0.05) is 36.8 Å². The predicted molar refractivity (Wildman–Crippen MR) is 114 cm³/mol. The van der Waals surface area contributed by atoms with Crippen LogP contribution < -0.4 is 10.1 Å². The van der Waals surface area contributed by atoms with Crippen molar-refractivity contribution in [2.75, 3.05) is 39.4 Å². The summed E-state index contributed by atoms with van der Waals surface area (Å²) in [5, 5.41) is 4.54. The molecule has 0 aliphatic carbocycles. The van der Waals surface area contributed by atoms with Gasteiger partial charge in [-0.15, -0.1) is 0 Å². The molecule has 1 aliphatic rings. The van der Waals surface area contributed by atoms with E-state index in [9.17, 15) is 0 Å². The molecule has 1 aliphatic heterocycles. The molecule has 0 spiro atoms. The van der Waals surface area contributed by atoms with Crippen molar-refractivity contribution in [1.82, 2.24) is 10.2 Å². The van der Waals surface area contributed by atoms with Gasteiger partial charge in [-0.25, -0.2) is 0 Å². The molecular formula is C20H22Cl2N2O2S. The van der Waals surface area contributed by atoms with Crippen LogP contribution in [0.3, 0.4) is 0 Å². The van der Waals surface area contributed by atoms with Gasteiger partial charge in [0.25, 0.3) is 0 Å². The molecule has 0 bridgehead atoms. The molecule has 0 radical (unpaired) electrons. The molecule has 0 aromatic heterocycles. The minimum Gasteiger partial charge on any atom is -0.487 e. The highest BCUT2D eigenvalue weighted by Gasteiger charge is 2.11. The van der Waals surface area contributed by atoms with E-state index in [1.165, 1.54) is 0 Å². The average Bonchev–Trinajstić information content (AvgIpc) is 2.69. The van der Waals surface area contributed by atoms with Crippen LogP contribution in [0, 0.1) is 0 Å². The summed E-state index contributed by atoms with van der Waals surface area (Å²) < 4.78 is 11.2. The summed E-state index contributed by atoms with van der Waals surface area (Å²) in [5.74, 6) is 0.631. The van der Waals surface area contributed by atoms with Crippen LogP contribution in [0.25, 0.3) is 0 Å². The third-order valence-corrected chi connectivity index (χ3v) is 5.25. The van der Waals surface area contributed by atoms with Crippen molar-refractivity contribution in [3.05, 3.63) is 63.6 Å². The van der Waals surface area contributed by atoms with E-state index in [4.69, 9.17) is 44.9 Å². The molecule has 0 amide bonds. The van der Waals surface area contributed by atoms with Crippen molar-refractivity contribution in [1.29, 1.82) is 0 Å². The number of rotatable bonds is 7. The minimum absolute atomic E-state index is 0.429. The van der Waals surface area contributed by atoms with Gasteiger partial charge in [0.15, 0.2) is 0 Å². The second-order valence-electron chi connectivity index (χ2n) is 6.27. The zero-order valence-corrected chi connectivity index (χ0v) is 17.2. The molecule has 0 unspecified atom stereocenters. The molecule has 1 saturated heterocycles. The lowest BCUT2D eigenvalue weighted by Crippen LogP contribution is -2.41. The maximum atomic E-state index is 6.37. The van der Waals surface area contributed by atoms with Crippen LogP contribution in [0.15, 0.2) is 42.5 Å². The Morgan fingerprint density at radius 3 is 2.56 bits per heavy atom. The Morgan fingerprint density at radius 2 is 1.85 bits per heavy atom. The first-order chi connectivity index (χ1) is 13.1. The van der Waals surface area contributed by atoms with Gasteiger partial charge in [-0.2, -0.15) is 0 Å². The summed E-state index contributed by atoms with van der Waals surface area (Å²) in [4.78, 5) is 3.05.